The standard InChI is InChI=1S/C22H19F2NO/c23-18-14-19(17-11-5-2-6-12-17)22(20(24)15-18)25-21(26)13-7-10-16-8-3-1-4-9-16/h1-6,8-9,11-12,14-15H,7,10,13H2,(H,25,26). The molecule has 3 rings (SSSR count). The number of hydrogen-bond acceptors (Lipinski definition) is 1. The maximum Gasteiger partial charge on any atom is 0.224 e. The van der Waals surface area contributed by atoms with Crippen LogP contribution in [0.5, 0.6) is 0 Å². The lowest BCUT2D eigenvalue weighted by molar-refractivity contribution is -0.116. The quantitative estimate of drug-likeness (QED) is 0.616. The summed E-state index contributed by atoms with van der Waals surface area (Å²) in [5.41, 5.74) is 2.14. The predicted molar refractivity (Wildman–Crippen MR) is 99.8 cm³/mol. The monoisotopic (exact) mass is 351 g/mol. The van der Waals surface area contributed by atoms with Crippen molar-refractivity contribution in [3.05, 3.63) is 90.0 Å². The van der Waals surface area contributed by atoms with Crippen LogP contribution in [0.3, 0.4) is 0 Å². The van der Waals surface area contributed by atoms with E-state index in [1.807, 2.05) is 36.4 Å². The maximum absolute atomic E-state index is 14.3. The summed E-state index contributed by atoms with van der Waals surface area (Å²) in [6.07, 6.45) is 1.69. The van der Waals surface area contributed by atoms with E-state index < -0.39 is 11.6 Å². The number of carbonyl (C=O) groups is 1. The molecule has 0 saturated carbocycles. The lowest BCUT2D eigenvalue weighted by Gasteiger charge is -2.13. The zero-order valence-electron chi connectivity index (χ0n) is 14.2. The van der Waals surface area contributed by atoms with Crippen molar-refractivity contribution in [1.82, 2.24) is 0 Å². The van der Waals surface area contributed by atoms with Crippen LogP contribution in [0.25, 0.3) is 11.1 Å². The van der Waals surface area contributed by atoms with Crippen molar-refractivity contribution in [3.8, 4) is 11.1 Å². The molecule has 0 bridgehead atoms. The van der Waals surface area contributed by atoms with Crippen molar-refractivity contribution in [2.75, 3.05) is 5.32 Å². The molecule has 2 nitrogen and oxygen atoms in total. The summed E-state index contributed by atoms with van der Waals surface area (Å²) in [7, 11) is 0. The van der Waals surface area contributed by atoms with Gasteiger partial charge >= 0.3 is 0 Å². The highest BCUT2D eigenvalue weighted by molar-refractivity contribution is 5.95. The van der Waals surface area contributed by atoms with Crippen LogP contribution >= 0.6 is 0 Å². The fraction of sp³-hybridized carbons (Fsp3) is 0.136. The van der Waals surface area contributed by atoms with Gasteiger partial charge in [0.1, 0.15) is 11.6 Å². The van der Waals surface area contributed by atoms with E-state index in [0.29, 0.717) is 17.5 Å². The van der Waals surface area contributed by atoms with E-state index in [4.69, 9.17) is 0 Å². The number of halogens is 2. The van der Waals surface area contributed by atoms with Crippen molar-refractivity contribution < 1.29 is 13.6 Å². The molecular weight excluding hydrogens is 332 g/mol. The minimum absolute atomic E-state index is 0.0160. The second kappa shape index (κ2) is 8.39. The minimum atomic E-state index is -0.778. The van der Waals surface area contributed by atoms with Crippen LogP contribution in [-0.2, 0) is 11.2 Å². The normalized spacial score (nSPS) is 10.5. The van der Waals surface area contributed by atoms with Crippen LogP contribution in [0, 0.1) is 11.6 Å². The Bertz CT molecular complexity index is 879. The fourth-order valence-electron chi connectivity index (χ4n) is 2.85. The topological polar surface area (TPSA) is 29.1 Å². The Morgan fingerprint density at radius 1 is 0.885 bits per heavy atom. The van der Waals surface area contributed by atoms with Crippen LogP contribution in [0.15, 0.2) is 72.8 Å². The molecule has 0 saturated heterocycles. The van der Waals surface area contributed by atoms with Gasteiger partial charge in [-0.25, -0.2) is 8.78 Å². The summed E-state index contributed by atoms with van der Waals surface area (Å²) in [6, 6.07) is 20.8. The van der Waals surface area contributed by atoms with Crippen LogP contribution in [-0.4, -0.2) is 5.91 Å². The average Bonchev–Trinajstić information content (AvgIpc) is 2.65. The third-order valence-corrected chi connectivity index (χ3v) is 4.12. The third kappa shape index (κ3) is 4.54. The van der Waals surface area contributed by atoms with E-state index >= 15 is 0 Å². The van der Waals surface area contributed by atoms with Gasteiger partial charge < -0.3 is 5.32 Å². The predicted octanol–water partition coefficient (Wildman–Crippen LogP) is 5.59. The van der Waals surface area contributed by atoms with Gasteiger partial charge in [-0.15, -0.1) is 0 Å². The Hall–Kier alpha value is -3.01. The summed E-state index contributed by atoms with van der Waals surface area (Å²) >= 11 is 0. The molecule has 0 atom stereocenters. The van der Waals surface area contributed by atoms with Crippen LogP contribution in [0.4, 0.5) is 14.5 Å². The minimum Gasteiger partial charge on any atom is -0.323 e. The van der Waals surface area contributed by atoms with Crippen LogP contribution in [0.2, 0.25) is 0 Å². The Kier molecular flexibility index (Phi) is 5.74. The lowest BCUT2D eigenvalue weighted by atomic mass is 10.0. The van der Waals surface area contributed by atoms with Gasteiger partial charge in [0.25, 0.3) is 0 Å². The molecule has 4 heteroatoms. The summed E-state index contributed by atoms with van der Waals surface area (Å²) in [5.74, 6) is -1.74. The van der Waals surface area contributed by atoms with E-state index in [1.54, 1.807) is 24.3 Å². The Balaban J connectivity index is 1.71. The first kappa shape index (κ1) is 17.8. The van der Waals surface area contributed by atoms with Crippen molar-refractivity contribution >= 4 is 11.6 Å². The fourth-order valence-corrected chi connectivity index (χ4v) is 2.85. The molecule has 0 aliphatic carbocycles. The highest BCUT2D eigenvalue weighted by Crippen LogP contribution is 2.31. The Morgan fingerprint density at radius 2 is 1.54 bits per heavy atom. The van der Waals surface area contributed by atoms with Gasteiger partial charge in [-0.2, -0.15) is 0 Å². The zero-order chi connectivity index (χ0) is 18.4. The van der Waals surface area contributed by atoms with Gasteiger partial charge in [0.05, 0.1) is 5.69 Å². The lowest BCUT2D eigenvalue weighted by Crippen LogP contribution is -2.14. The highest BCUT2D eigenvalue weighted by Gasteiger charge is 2.15. The summed E-state index contributed by atoms with van der Waals surface area (Å²) < 4.78 is 28.0. The molecule has 0 unspecified atom stereocenters. The van der Waals surface area contributed by atoms with Gasteiger partial charge in [0, 0.05) is 18.1 Å². The first-order chi connectivity index (χ1) is 12.6. The van der Waals surface area contributed by atoms with E-state index in [2.05, 4.69) is 5.32 Å². The van der Waals surface area contributed by atoms with Crippen LogP contribution < -0.4 is 5.32 Å². The molecule has 0 heterocycles. The molecule has 132 valence electrons. The van der Waals surface area contributed by atoms with Crippen LogP contribution in [0.1, 0.15) is 18.4 Å². The second-order valence-corrected chi connectivity index (χ2v) is 6.06. The molecule has 26 heavy (non-hydrogen) atoms. The molecule has 0 aliphatic rings. The van der Waals surface area contributed by atoms with E-state index in [0.717, 1.165) is 18.1 Å². The number of hydrogen-bond donors (Lipinski definition) is 1. The van der Waals surface area contributed by atoms with Gasteiger partial charge in [-0.1, -0.05) is 60.7 Å². The van der Waals surface area contributed by atoms with Gasteiger partial charge in [0.2, 0.25) is 5.91 Å². The van der Waals surface area contributed by atoms with Gasteiger partial charge in [-0.3, -0.25) is 4.79 Å². The zero-order valence-corrected chi connectivity index (χ0v) is 14.2. The van der Waals surface area contributed by atoms with Crippen molar-refractivity contribution in [3.63, 3.8) is 0 Å². The molecular formula is C22H19F2NO. The summed E-state index contributed by atoms with van der Waals surface area (Å²) in [5, 5.41) is 2.61. The van der Waals surface area contributed by atoms with Crippen molar-refractivity contribution in [2.24, 2.45) is 0 Å². The van der Waals surface area contributed by atoms with Gasteiger partial charge in [0.15, 0.2) is 0 Å². The number of benzene rings is 3. The number of carbonyl (C=O) groups excluding carboxylic acids is 1. The summed E-state index contributed by atoms with van der Waals surface area (Å²) in [4.78, 5) is 12.3. The smallest absolute Gasteiger partial charge is 0.224 e. The van der Waals surface area contributed by atoms with E-state index in [1.165, 1.54) is 6.07 Å². The SMILES string of the molecule is O=C(CCCc1ccccc1)Nc1c(F)cc(F)cc1-c1ccccc1. The summed E-state index contributed by atoms with van der Waals surface area (Å²) in [6.45, 7) is 0. The largest absolute Gasteiger partial charge is 0.323 e. The number of aryl methyl sites for hydroxylation is 1. The number of amides is 1. The molecule has 0 radical (unpaired) electrons. The molecule has 1 N–H and O–H groups in total. The van der Waals surface area contributed by atoms with E-state index in [-0.39, 0.29) is 18.0 Å². The molecule has 0 aliphatic heterocycles. The Labute approximate surface area is 151 Å². The number of anilines is 1. The molecule has 3 aromatic rings. The highest BCUT2D eigenvalue weighted by atomic mass is 19.1. The molecule has 0 fully saturated rings. The third-order valence-electron chi connectivity index (χ3n) is 4.12. The second-order valence-electron chi connectivity index (χ2n) is 6.06. The maximum atomic E-state index is 14.3. The van der Waals surface area contributed by atoms with Crippen molar-refractivity contribution in [2.45, 2.75) is 19.3 Å². The van der Waals surface area contributed by atoms with E-state index in [9.17, 15) is 13.6 Å². The van der Waals surface area contributed by atoms with Crippen molar-refractivity contribution in [1.29, 1.82) is 0 Å². The first-order valence-corrected chi connectivity index (χ1v) is 8.52. The first-order valence-electron chi connectivity index (χ1n) is 8.52. The number of rotatable bonds is 6. The molecule has 3 aromatic carbocycles. The average molecular weight is 351 g/mol. The molecule has 0 spiro atoms. The van der Waals surface area contributed by atoms with Gasteiger partial charge in [-0.05, 0) is 30.0 Å². The number of nitrogens with one attached hydrogen (secondary N) is 1. The molecule has 0 aromatic heterocycles. The Morgan fingerprint density at radius 3 is 2.23 bits per heavy atom. The molecule has 1 amide bonds.